The first-order valence-corrected chi connectivity index (χ1v) is 7.36. The molecule has 0 aliphatic carbocycles. The summed E-state index contributed by atoms with van der Waals surface area (Å²) < 4.78 is 8.27. The molecule has 0 amide bonds. The third-order valence-electron chi connectivity index (χ3n) is 3.67. The molecule has 4 atom stereocenters. The number of aromatic nitrogens is 2. The van der Waals surface area contributed by atoms with Crippen molar-refractivity contribution in [3.63, 3.8) is 0 Å². The molecule has 20 heavy (non-hydrogen) atoms. The van der Waals surface area contributed by atoms with E-state index in [1.54, 1.807) is 10.8 Å². The second-order valence-electron chi connectivity index (χ2n) is 4.94. The molecule has 1 aliphatic rings. The van der Waals surface area contributed by atoms with Gasteiger partial charge < -0.3 is 24.6 Å². The van der Waals surface area contributed by atoms with Crippen molar-refractivity contribution < 1.29 is 20.1 Å². The van der Waals surface area contributed by atoms with Crippen LogP contribution in [0, 0.1) is 10.5 Å². The number of aliphatic hydroxyl groups excluding tert-OH is 3. The summed E-state index contributed by atoms with van der Waals surface area (Å²) in [7, 11) is 0. The molecule has 7 heteroatoms. The Kier molecular flexibility index (Phi) is 3.71. The second kappa shape index (κ2) is 5.23. The molecule has 2 aromatic rings. The lowest BCUT2D eigenvalue weighted by molar-refractivity contribution is -0.0509. The van der Waals surface area contributed by atoms with Crippen LogP contribution in [0.15, 0.2) is 18.5 Å². The van der Waals surface area contributed by atoms with E-state index in [0.717, 1.165) is 14.5 Å². The monoisotopic (exact) mass is 390 g/mol. The van der Waals surface area contributed by atoms with Gasteiger partial charge in [-0.3, -0.25) is 0 Å². The van der Waals surface area contributed by atoms with Crippen LogP contribution >= 0.6 is 22.6 Å². The van der Waals surface area contributed by atoms with Crippen LogP contribution in [0.25, 0.3) is 11.0 Å². The Morgan fingerprint density at radius 2 is 2.15 bits per heavy atom. The summed E-state index contributed by atoms with van der Waals surface area (Å²) in [6.45, 7) is 1.66. The van der Waals surface area contributed by atoms with Crippen LogP contribution in [-0.4, -0.2) is 49.8 Å². The van der Waals surface area contributed by atoms with E-state index in [2.05, 4.69) is 27.6 Å². The number of hydrogen-bond acceptors (Lipinski definition) is 5. The van der Waals surface area contributed by atoms with Crippen LogP contribution in [0.1, 0.15) is 11.8 Å². The standard InChI is InChI=1S/C13H15IN2O4/c1-6-2-3-15-12-9(6)7(14)4-16(12)13-11(19)10(18)8(5-17)20-13/h2-4,8,10-11,13,17-19H,5H2,1H3/t8-,10-,11-,13-/m1/s1. The highest BCUT2D eigenvalue weighted by Gasteiger charge is 2.43. The number of pyridine rings is 1. The highest BCUT2D eigenvalue weighted by molar-refractivity contribution is 14.1. The maximum absolute atomic E-state index is 10.1. The van der Waals surface area contributed by atoms with Gasteiger partial charge in [0, 0.05) is 21.4 Å². The number of halogens is 1. The molecule has 3 heterocycles. The van der Waals surface area contributed by atoms with Crippen molar-refractivity contribution in [3.8, 4) is 0 Å². The Labute approximate surface area is 129 Å². The van der Waals surface area contributed by atoms with Crippen LogP contribution in [0.5, 0.6) is 0 Å². The molecule has 1 aliphatic heterocycles. The Morgan fingerprint density at radius 3 is 2.80 bits per heavy atom. The van der Waals surface area contributed by atoms with Crippen LogP contribution in [0.3, 0.4) is 0 Å². The number of hydrogen-bond donors (Lipinski definition) is 3. The van der Waals surface area contributed by atoms with Gasteiger partial charge in [-0.25, -0.2) is 4.98 Å². The number of aliphatic hydroxyl groups is 3. The van der Waals surface area contributed by atoms with Crippen molar-refractivity contribution >= 4 is 33.6 Å². The molecule has 0 spiro atoms. The van der Waals surface area contributed by atoms with E-state index in [1.807, 2.05) is 19.2 Å². The molecule has 0 unspecified atom stereocenters. The molecule has 108 valence electrons. The van der Waals surface area contributed by atoms with Gasteiger partial charge >= 0.3 is 0 Å². The quantitative estimate of drug-likeness (QED) is 0.653. The van der Waals surface area contributed by atoms with Gasteiger partial charge in [-0.05, 0) is 41.1 Å². The predicted molar refractivity (Wildman–Crippen MR) is 80.2 cm³/mol. The Balaban J connectivity index is 2.10. The Morgan fingerprint density at radius 1 is 1.40 bits per heavy atom. The van der Waals surface area contributed by atoms with E-state index in [4.69, 9.17) is 9.84 Å². The summed E-state index contributed by atoms with van der Waals surface area (Å²) in [4.78, 5) is 4.34. The number of fused-ring (bicyclic) bond motifs is 1. The van der Waals surface area contributed by atoms with Gasteiger partial charge in [0.1, 0.15) is 24.0 Å². The van der Waals surface area contributed by atoms with Crippen molar-refractivity contribution in [2.45, 2.75) is 31.5 Å². The molecule has 2 aromatic heterocycles. The van der Waals surface area contributed by atoms with Crippen LogP contribution in [-0.2, 0) is 4.74 Å². The first kappa shape index (κ1) is 14.2. The van der Waals surface area contributed by atoms with Crippen LogP contribution < -0.4 is 0 Å². The smallest absolute Gasteiger partial charge is 0.164 e. The molecule has 0 bridgehead atoms. The van der Waals surface area contributed by atoms with Crippen molar-refractivity contribution in [3.05, 3.63) is 27.6 Å². The maximum Gasteiger partial charge on any atom is 0.164 e. The highest BCUT2D eigenvalue weighted by atomic mass is 127. The third-order valence-corrected chi connectivity index (χ3v) is 4.48. The normalized spacial score (nSPS) is 30.2. The first-order valence-electron chi connectivity index (χ1n) is 6.28. The minimum atomic E-state index is -1.11. The van der Waals surface area contributed by atoms with E-state index < -0.39 is 24.5 Å². The molecule has 1 fully saturated rings. The summed E-state index contributed by atoms with van der Waals surface area (Å²) >= 11 is 2.21. The van der Waals surface area contributed by atoms with E-state index in [9.17, 15) is 10.2 Å². The number of nitrogens with zero attached hydrogens (tertiary/aromatic N) is 2. The topological polar surface area (TPSA) is 87.7 Å². The van der Waals surface area contributed by atoms with Crippen molar-refractivity contribution in [2.75, 3.05) is 6.61 Å². The zero-order valence-electron chi connectivity index (χ0n) is 10.8. The lowest BCUT2D eigenvalue weighted by Crippen LogP contribution is -2.33. The van der Waals surface area contributed by atoms with Crippen molar-refractivity contribution in [2.24, 2.45) is 0 Å². The molecule has 3 rings (SSSR count). The van der Waals surface area contributed by atoms with E-state index in [-0.39, 0.29) is 6.61 Å². The fraction of sp³-hybridized carbons (Fsp3) is 0.462. The predicted octanol–water partition coefficient (Wildman–Crippen LogP) is 0.561. The molecule has 0 radical (unpaired) electrons. The van der Waals surface area contributed by atoms with Gasteiger partial charge in [0.2, 0.25) is 0 Å². The molecule has 3 N–H and O–H groups in total. The largest absolute Gasteiger partial charge is 0.394 e. The van der Waals surface area contributed by atoms with E-state index in [0.29, 0.717) is 5.65 Å². The molecular weight excluding hydrogens is 375 g/mol. The van der Waals surface area contributed by atoms with Gasteiger partial charge in [-0.15, -0.1) is 0 Å². The van der Waals surface area contributed by atoms with Gasteiger partial charge in [0.25, 0.3) is 0 Å². The zero-order valence-corrected chi connectivity index (χ0v) is 12.9. The average Bonchev–Trinajstić information content (AvgIpc) is 2.90. The molecular formula is C13H15IN2O4. The molecule has 0 saturated carbocycles. The van der Waals surface area contributed by atoms with Gasteiger partial charge in [-0.2, -0.15) is 0 Å². The van der Waals surface area contributed by atoms with Crippen LogP contribution in [0.2, 0.25) is 0 Å². The molecule has 0 aromatic carbocycles. The fourth-order valence-corrected chi connectivity index (χ4v) is 3.55. The highest BCUT2D eigenvalue weighted by Crippen LogP contribution is 2.34. The van der Waals surface area contributed by atoms with E-state index in [1.165, 1.54) is 0 Å². The Bertz CT molecular complexity index is 645. The summed E-state index contributed by atoms with van der Waals surface area (Å²) in [6, 6.07) is 1.92. The number of ether oxygens (including phenoxy) is 1. The summed E-state index contributed by atoms with van der Waals surface area (Å²) in [5, 5.41) is 30.1. The fourth-order valence-electron chi connectivity index (χ4n) is 2.59. The summed E-state index contributed by atoms with van der Waals surface area (Å²) in [6.07, 6.45) is -0.194. The van der Waals surface area contributed by atoms with Crippen LogP contribution in [0.4, 0.5) is 0 Å². The minimum absolute atomic E-state index is 0.336. The maximum atomic E-state index is 10.1. The third kappa shape index (κ3) is 2.04. The SMILES string of the molecule is Cc1ccnc2c1c(I)cn2[C@@H]1O[C@H](CO)[C@@H](O)[C@H]1O. The molecule has 1 saturated heterocycles. The van der Waals surface area contributed by atoms with Crippen molar-refractivity contribution in [1.82, 2.24) is 9.55 Å². The van der Waals surface area contributed by atoms with Gasteiger partial charge in [0.15, 0.2) is 6.23 Å². The molecule has 6 nitrogen and oxygen atoms in total. The number of aryl methyl sites for hydroxylation is 1. The zero-order chi connectivity index (χ0) is 14.4. The van der Waals surface area contributed by atoms with Gasteiger partial charge in [-0.1, -0.05) is 0 Å². The average molecular weight is 390 g/mol. The lowest BCUT2D eigenvalue weighted by Gasteiger charge is -2.17. The number of rotatable bonds is 2. The minimum Gasteiger partial charge on any atom is -0.394 e. The summed E-state index contributed by atoms with van der Waals surface area (Å²) in [5.74, 6) is 0. The van der Waals surface area contributed by atoms with Gasteiger partial charge in [0.05, 0.1) is 6.61 Å². The summed E-state index contributed by atoms with van der Waals surface area (Å²) in [5.41, 5.74) is 1.79. The second-order valence-corrected chi connectivity index (χ2v) is 6.10. The van der Waals surface area contributed by atoms with E-state index >= 15 is 0 Å². The Hall–Kier alpha value is -0.740. The van der Waals surface area contributed by atoms with Crippen molar-refractivity contribution in [1.29, 1.82) is 0 Å². The lowest BCUT2D eigenvalue weighted by atomic mass is 10.1. The first-order chi connectivity index (χ1) is 9.54.